The van der Waals surface area contributed by atoms with E-state index in [1.807, 2.05) is 0 Å². The summed E-state index contributed by atoms with van der Waals surface area (Å²) in [6, 6.07) is 6.01. The Balaban J connectivity index is 2.15. The number of nitrogens with two attached hydrogens (primary N) is 1. The van der Waals surface area contributed by atoms with Crippen molar-refractivity contribution in [1.29, 1.82) is 0 Å². The highest BCUT2D eigenvalue weighted by molar-refractivity contribution is 9.10. The van der Waals surface area contributed by atoms with Crippen LogP contribution in [0.5, 0.6) is 11.5 Å². The summed E-state index contributed by atoms with van der Waals surface area (Å²) >= 11 is 6.31. The summed E-state index contributed by atoms with van der Waals surface area (Å²) in [5.74, 6) is -2.29. The molecule has 1 aliphatic rings. The Bertz CT molecular complexity index is 1140. The van der Waals surface area contributed by atoms with E-state index in [4.69, 9.17) is 9.88 Å². The minimum absolute atomic E-state index is 0.00950. The van der Waals surface area contributed by atoms with E-state index in [0.29, 0.717) is 4.47 Å². The van der Waals surface area contributed by atoms with Crippen molar-refractivity contribution in [3.8, 4) is 11.5 Å². The second-order valence-corrected chi connectivity index (χ2v) is 12.8. The van der Waals surface area contributed by atoms with Crippen molar-refractivity contribution in [1.82, 2.24) is 0 Å². The van der Waals surface area contributed by atoms with Crippen LogP contribution < -0.4 is 9.88 Å². The first-order chi connectivity index (χ1) is 13.7. The van der Waals surface area contributed by atoms with Crippen LogP contribution in [0.3, 0.4) is 0 Å². The lowest BCUT2D eigenvalue weighted by Gasteiger charge is -2.28. The average Bonchev–Trinajstić information content (AvgIpc) is 2.74. The van der Waals surface area contributed by atoms with Gasteiger partial charge in [0.2, 0.25) is 9.84 Å². The number of benzene rings is 2. The topological polar surface area (TPSA) is 86.5 Å². The molecule has 1 unspecified atom stereocenters. The molecule has 12 heteroatoms. The number of sulfone groups is 1. The van der Waals surface area contributed by atoms with E-state index in [1.165, 1.54) is 32.0 Å². The maximum atomic E-state index is 15.0. The Morgan fingerprint density at radius 3 is 2.43 bits per heavy atom. The maximum absolute atomic E-state index is 15.0. The number of fused-ring (bicyclic) bond motifs is 1. The predicted octanol–water partition coefficient (Wildman–Crippen LogP) is 5.40. The van der Waals surface area contributed by atoms with E-state index >= 15 is 0 Å². The molecular formula is C18H16Br2F3NO4S2. The molecule has 0 fully saturated rings. The van der Waals surface area contributed by atoms with Crippen molar-refractivity contribution in [3.05, 3.63) is 50.7 Å². The number of ether oxygens (including phenoxy) is 1. The summed E-state index contributed by atoms with van der Waals surface area (Å²) in [5, 5.41) is 1.29. The Kier molecular flexibility index (Phi) is 6.22. The number of hydrogen-bond donors (Lipinski definition) is 1. The van der Waals surface area contributed by atoms with Gasteiger partial charge in [0.15, 0.2) is 0 Å². The SMILES string of the molecule is CC(C)(C[C@@H]1c2c(ccc(Oc3cc(F)cc(Br)c3)c2Br)S(=O)(=O)C1(F)F)S(N)=O. The second-order valence-electron chi connectivity index (χ2n) is 7.38. The largest absolute Gasteiger partial charge is 0.456 e. The molecule has 2 N–H and O–H groups in total. The van der Waals surface area contributed by atoms with Crippen LogP contribution in [0, 0.1) is 5.82 Å². The lowest BCUT2D eigenvalue weighted by molar-refractivity contribution is 0.0594. The third-order valence-electron chi connectivity index (χ3n) is 4.81. The Hall–Kier alpha value is -0.950. The summed E-state index contributed by atoms with van der Waals surface area (Å²) in [7, 11) is -6.96. The highest BCUT2D eigenvalue weighted by atomic mass is 79.9. The molecule has 5 nitrogen and oxygen atoms in total. The lowest BCUT2D eigenvalue weighted by atomic mass is 9.90. The van der Waals surface area contributed by atoms with E-state index < -0.39 is 53.9 Å². The van der Waals surface area contributed by atoms with Crippen LogP contribution in [0.4, 0.5) is 13.2 Å². The Morgan fingerprint density at radius 2 is 1.87 bits per heavy atom. The standard InChI is InChI=1S/C18H16Br2F3NO4S2/c1-17(2,29(24)25)8-12-15-14(30(26,27)18(12,22)23)4-3-13(16(15)20)28-11-6-9(19)5-10(21)7-11/h3-7,12H,8,24H2,1-2H3/t12-,29?/m1/s1. The molecule has 0 radical (unpaired) electrons. The predicted molar refractivity (Wildman–Crippen MR) is 114 cm³/mol. The molecular weight excluding hydrogens is 575 g/mol. The van der Waals surface area contributed by atoms with E-state index in [2.05, 4.69) is 31.9 Å². The van der Waals surface area contributed by atoms with E-state index in [-0.39, 0.29) is 21.5 Å². The van der Waals surface area contributed by atoms with Crippen molar-refractivity contribution in [2.75, 3.05) is 0 Å². The minimum Gasteiger partial charge on any atom is -0.456 e. The van der Waals surface area contributed by atoms with Gasteiger partial charge in [-0.15, -0.1) is 0 Å². The van der Waals surface area contributed by atoms with E-state index in [0.717, 1.165) is 12.1 Å². The Morgan fingerprint density at radius 1 is 1.23 bits per heavy atom. The molecule has 164 valence electrons. The zero-order chi connectivity index (χ0) is 22.6. The molecule has 0 saturated carbocycles. The Labute approximate surface area is 190 Å². The summed E-state index contributed by atoms with van der Waals surface area (Å²) in [6.07, 6.45) is -0.455. The molecule has 30 heavy (non-hydrogen) atoms. The van der Waals surface area contributed by atoms with Crippen molar-refractivity contribution in [2.45, 2.75) is 41.1 Å². The van der Waals surface area contributed by atoms with Gasteiger partial charge in [0.1, 0.15) is 17.3 Å². The van der Waals surface area contributed by atoms with Gasteiger partial charge < -0.3 is 4.74 Å². The zero-order valence-corrected chi connectivity index (χ0v) is 20.4. The molecule has 2 aromatic rings. The fourth-order valence-corrected chi connectivity index (χ4v) is 6.46. The van der Waals surface area contributed by atoms with Crippen LogP contribution in [0.2, 0.25) is 0 Å². The van der Waals surface area contributed by atoms with Gasteiger partial charge in [-0.3, -0.25) is 5.14 Å². The zero-order valence-electron chi connectivity index (χ0n) is 15.6. The van der Waals surface area contributed by atoms with Gasteiger partial charge in [-0.05, 0) is 66.0 Å². The van der Waals surface area contributed by atoms with Gasteiger partial charge in [-0.2, -0.15) is 8.78 Å². The van der Waals surface area contributed by atoms with Gasteiger partial charge in [0, 0.05) is 10.5 Å². The molecule has 2 atom stereocenters. The van der Waals surface area contributed by atoms with Crippen molar-refractivity contribution >= 4 is 52.7 Å². The average molecular weight is 591 g/mol. The molecule has 1 aliphatic heterocycles. The molecule has 0 bridgehead atoms. The minimum atomic E-state index is -4.98. The third-order valence-corrected chi connectivity index (χ3v) is 9.28. The number of hydrogen-bond acceptors (Lipinski definition) is 4. The van der Waals surface area contributed by atoms with Crippen molar-refractivity contribution < 1.29 is 30.5 Å². The van der Waals surface area contributed by atoms with Crippen LogP contribution in [-0.4, -0.2) is 22.6 Å². The smallest absolute Gasteiger partial charge is 0.356 e. The molecule has 0 aliphatic carbocycles. The summed E-state index contributed by atoms with van der Waals surface area (Å²) in [5.41, 5.74) is -0.188. The first-order valence-electron chi connectivity index (χ1n) is 8.43. The van der Waals surface area contributed by atoms with Crippen LogP contribution in [0.25, 0.3) is 0 Å². The highest BCUT2D eigenvalue weighted by Crippen LogP contribution is 2.57. The number of alkyl halides is 2. The van der Waals surface area contributed by atoms with E-state index in [9.17, 15) is 25.8 Å². The fraction of sp³-hybridized carbons (Fsp3) is 0.333. The highest BCUT2D eigenvalue weighted by Gasteiger charge is 2.62. The van der Waals surface area contributed by atoms with Gasteiger partial charge in [0.25, 0.3) is 0 Å². The number of rotatable bonds is 5. The summed E-state index contributed by atoms with van der Waals surface area (Å²) in [4.78, 5) is -0.546. The van der Waals surface area contributed by atoms with Crippen molar-refractivity contribution in [3.63, 3.8) is 0 Å². The number of halogens is 5. The van der Waals surface area contributed by atoms with Gasteiger partial charge >= 0.3 is 5.25 Å². The molecule has 2 aromatic carbocycles. The molecule has 3 rings (SSSR count). The lowest BCUT2D eigenvalue weighted by Crippen LogP contribution is -2.38. The van der Waals surface area contributed by atoms with Crippen molar-refractivity contribution in [2.24, 2.45) is 5.14 Å². The van der Waals surface area contributed by atoms with Gasteiger partial charge in [-0.25, -0.2) is 17.0 Å². The second kappa shape index (κ2) is 7.88. The molecule has 0 saturated heterocycles. The quantitative estimate of drug-likeness (QED) is 0.505. The fourth-order valence-electron chi connectivity index (χ4n) is 3.20. The molecule has 0 spiro atoms. The van der Waals surface area contributed by atoms with Crippen LogP contribution in [0.1, 0.15) is 31.7 Å². The monoisotopic (exact) mass is 589 g/mol. The molecule has 0 aromatic heterocycles. The van der Waals surface area contributed by atoms with Crippen LogP contribution in [0.15, 0.2) is 44.2 Å². The first kappa shape index (κ1) is 23.7. The third kappa shape index (κ3) is 3.96. The molecule has 0 amide bonds. The normalized spacial score (nSPS) is 20.6. The van der Waals surface area contributed by atoms with Crippen LogP contribution in [-0.2, 0) is 20.8 Å². The summed E-state index contributed by atoms with van der Waals surface area (Å²) in [6.45, 7) is 2.84. The molecule has 1 heterocycles. The van der Waals surface area contributed by atoms with Crippen LogP contribution >= 0.6 is 31.9 Å². The van der Waals surface area contributed by atoms with Gasteiger partial charge in [-0.1, -0.05) is 15.9 Å². The first-order valence-corrected chi connectivity index (χ1v) is 12.7. The van der Waals surface area contributed by atoms with E-state index in [1.54, 1.807) is 0 Å². The maximum Gasteiger partial charge on any atom is 0.356 e. The summed E-state index contributed by atoms with van der Waals surface area (Å²) < 4.78 is 85.1. The van der Waals surface area contributed by atoms with Gasteiger partial charge in [0.05, 0.1) is 31.0 Å².